The van der Waals surface area contributed by atoms with Crippen molar-refractivity contribution in [1.82, 2.24) is 25.0 Å². The highest BCUT2D eigenvalue weighted by atomic mass is 16.4. The van der Waals surface area contributed by atoms with E-state index in [2.05, 4.69) is 15.2 Å². The minimum atomic E-state index is -1.08. The second-order valence-electron chi connectivity index (χ2n) is 5.02. The number of aliphatic carboxylic acids is 1. The molecule has 110 valence electrons. The fourth-order valence-corrected chi connectivity index (χ4v) is 2.70. The standard InChI is InChI=1S/C12H19N5O3/c1-3-12(10(18)19)5-4-6-17(12)11(20)16(2)7-9-13-8-14-15-9/h8H,3-7H2,1-2H3,(H,18,19)(H,13,14,15). The molecule has 0 aliphatic carbocycles. The first-order valence-corrected chi connectivity index (χ1v) is 6.61. The van der Waals surface area contributed by atoms with Gasteiger partial charge < -0.3 is 14.9 Å². The summed E-state index contributed by atoms with van der Waals surface area (Å²) in [6.45, 7) is 2.55. The Hall–Kier alpha value is -2.12. The van der Waals surface area contributed by atoms with Crippen LogP contribution in [0.2, 0.25) is 0 Å². The normalized spacial score (nSPS) is 22.0. The summed E-state index contributed by atoms with van der Waals surface area (Å²) >= 11 is 0. The molecule has 2 heterocycles. The largest absolute Gasteiger partial charge is 0.479 e. The van der Waals surface area contributed by atoms with Crippen molar-refractivity contribution in [3.8, 4) is 0 Å². The summed E-state index contributed by atoms with van der Waals surface area (Å²) in [6.07, 6.45) is 2.99. The number of amides is 2. The van der Waals surface area contributed by atoms with Crippen molar-refractivity contribution in [3.63, 3.8) is 0 Å². The predicted molar refractivity (Wildman–Crippen MR) is 69.8 cm³/mol. The number of likely N-dealkylation sites (tertiary alicyclic amines) is 1. The summed E-state index contributed by atoms with van der Waals surface area (Å²) in [5.74, 6) is -0.364. The van der Waals surface area contributed by atoms with Crippen LogP contribution in [0.15, 0.2) is 6.33 Å². The van der Waals surface area contributed by atoms with Gasteiger partial charge >= 0.3 is 12.0 Å². The van der Waals surface area contributed by atoms with Gasteiger partial charge in [0.15, 0.2) is 0 Å². The van der Waals surface area contributed by atoms with Crippen LogP contribution in [-0.4, -0.2) is 61.2 Å². The van der Waals surface area contributed by atoms with Crippen LogP contribution in [0.4, 0.5) is 4.79 Å². The van der Waals surface area contributed by atoms with Gasteiger partial charge in [0.05, 0.1) is 6.54 Å². The van der Waals surface area contributed by atoms with Gasteiger partial charge in [-0.2, -0.15) is 5.10 Å². The number of urea groups is 1. The Balaban J connectivity index is 2.13. The Morgan fingerprint density at radius 1 is 1.60 bits per heavy atom. The molecular weight excluding hydrogens is 262 g/mol. The van der Waals surface area contributed by atoms with E-state index in [1.54, 1.807) is 14.0 Å². The fourth-order valence-electron chi connectivity index (χ4n) is 2.70. The molecule has 0 radical (unpaired) electrons. The Kier molecular flexibility index (Phi) is 3.91. The number of carbonyl (C=O) groups is 2. The molecule has 0 saturated carbocycles. The number of aromatic nitrogens is 3. The molecule has 1 fully saturated rings. The highest BCUT2D eigenvalue weighted by molar-refractivity contribution is 5.87. The molecule has 0 spiro atoms. The monoisotopic (exact) mass is 281 g/mol. The number of carbonyl (C=O) groups excluding carboxylic acids is 1. The Bertz CT molecular complexity index is 489. The minimum absolute atomic E-state index is 0.273. The fraction of sp³-hybridized carbons (Fsp3) is 0.667. The third-order valence-corrected chi connectivity index (χ3v) is 3.88. The van der Waals surface area contributed by atoms with Crippen LogP contribution in [-0.2, 0) is 11.3 Å². The summed E-state index contributed by atoms with van der Waals surface area (Å²) in [5.41, 5.74) is -1.08. The molecule has 0 aromatic carbocycles. The van der Waals surface area contributed by atoms with Crippen molar-refractivity contribution in [3.05, 3.63) is 12.2 Å². The topological polar surface area (TPSA) is 102 Å². The average Bonchev–Trinajstić information content (AvgIpc) is 3.06. The van der Waals surface area contributed by atoms with Crippen LogP contribution in [0.25, 0.3) is 0 Å². The summed E-state index contributed by atoms with van der Waals surface area (Å²) in [5, 5.41) is 15.9. The van der Waals surface area contributed by atoms with Gasteiger partial charge in [-0.25, -0.2) is 14.6 Å². The zero-order chi connectivity index (χ0) is 14.8. The SMILES string of the molecule is CCC1(C(=O)O)CCCN1C(=O)N(C)Cc1ncn[nH]1. The van der Waals surface area contributed by atoms with E-state index in [1.807, 2.05) is 0 Å². The van der Waals surface area contributed by atoms with Gasteiger partial charge in [0.2, 0.25) is 0 Å². The van der Waals surface area contributed by atoms with Crippen LogP contribution in [0, 0.1) is 0 Å². The maximum Gasteiger partial charge on any atom is 0.329 e. The number of rotatable bonds is 4. The van der Waals surface area contributed by atoms with Crippen LogP contribution in [0.1, 0.15) is 32.0 Å². The summed E-state index contributed by atoms with van der Waals surface area (Å²) in [7, 11) is 1.63. The molecular formula is C12H19N5O3. The third-order valence-electron chi connectivity index (χ3n) is 3.88. The number of hydrogen-bond acceptors (Lipinski definition) is 4. The van der Waals surface area contributed by atoms with E-state index in [9.17, 15) is 14.7 Å². The zero-order valence-electron chi connectivity index (χ0n) is 11.7. The highest BCUT2D eigenvalue weighted by Crippen LogP contribution is 2.33. The van der Waals surface area contributed by atoms with Gasteiger partial charge in [-0.1, -0.05) is 6.92 Å². The first-order chi connectivity index (χ1) is 9.51. The molecule has 1 atom stereocenters. The molecule has 8 heteroatoms. The lowest BCUT2D eigenvalue weighted by Gasteiger charge is -2.36. The van der Waals surface area contributed by atoms with Crippen LogP contribution in [0.3, 0.4) is 0 Å². The Morgan fingerprint density at radius 2 is 2.35 bits per heavy atom. The summed E-state index contributed by atoms with van der Waals surface area (Å²) in [4.78, 5) is 30.9. The van der Waals surface area contributed by atoms with E-state index in [1.165, 1.54) is 16.1 Å². The van der Waals surface area contributed by atoms with Gasteiger partial charge in [-0.15, -0.1) is 0 Å². The lowest BCUT2D eigenvalue weighted by molar-refractivity contribution is -0.148. The molecule has 1 aromatic heterocycles. The summed E-state index contributed by atoms with van der Waals surface area (Å²) < 4.78 is 0. The molecule has 20 heavy (non-hydrogen) atoms. The second-order valence-corrected chi connectivity index (χ2v) is 5.02. The number of H-pyrrole nitrogens is 1. The quantitative estimate of drug-likeness (QED) is 0.845. The number of hydrogen-bond donors (Lipinski definition) is 2. The molecule has 1 saturated heterocycles. The zero-order valence-corrected chi connectivity index (χ0v) is 11.7. The third kappa shape index (κ3) is 2.33. The van der Waals surface area contributed by atoms with E-state index in [4.69, 9.17) is 0 Å². The molecule has 8 nitrogen and oxygen atoms in total. The molecule has 1 aromatic rings. The van der Waals surface area contributed by atoms with Gasteiger partial charge in [0, 0.05) is 13.6 Å². The van der Waals surface area contributed by atoms with Gasteiger partial charge in [0.1, 0.15) is 17.7 Å². The van der Waals surface area contributed by atoms with E-state index in [-0.39, 0.29) is 12.6 Å². The number of carboxylic acid groups (broad SMARTS) is 1. The van der Waals surface area contributed by atoms with Gasteiger partial charge in [-0.3, -0.25) is 5.10 Å². The average molecular weight is 281 g/mol. The van der Waals surface area contributed by atoms with Crippen LogP contribution in [0.5, 0.6) is 0 Å². The van der Waals surface area contributed by atoms with Crippen molar-refractivity contribution in [2.24, 2.45) is 0 Å². The number of carboxylic acids is 1. The molecule has 1 aliphatic heterocycles. The molecule has 2 amide bonds. The van der Waals surface area contributed by atoms with Crippen LogP contribution < -0.4 is 0 Å². The molecule has 2 N–H and O–H groups in total. The van der Waals surface area contributed by atoms with Crippen molar-refractivity contribution in [2.75, 3.05) is 13.6 Å². The molecule has 2 rings (SSSR count). The Morgan fingerprint density at radius 3 is 2.90 bits per heavy atom. The Labute approximate surface area is 116 Å². The van der Waals surface area contributed by atoms with Crippen molar-refractivity contribution in [2.45, 2.75) is 38.3 Å². The molecule has 1 unspecified atom stereocenters. The number of nitrogens with zero attached hydrogens (tertiary/aromatic N) is 4. The van der Waals surface area contributed by atoms with Crippen molar-refractivity contribution < 1.29 is 14.7 Å². The maximum absolute atomic E-state index is 12.5. The van der Waals surface area contributed by atoms with Crippen molar-refractivity contribution in [1.29, 1.82) is 0 Å². The van der Waals surface area contributed by atoms with Crippen molar-refractivity contribution >= 4 is 12.0 Å². The first kappa shape index (κ1) is 14.3. The van der Waals surface area contributed by atoms with Gasteiger partial charge in [0.25, 0.3) is 0 Å². The first-order valence-electron chi connectivity index (χ1n) is 6.61. The lowest BCUT2D eigenvalue weighted by Crippen LogP contribution is -2.55. The maximum atomic E-state index is 12.5. The predicted octanol–water partition coefficient (Wildman–Crippen LogP) is 0.686. The molecule has 1 aliphatic rings. The summed E-state index contributed by atoms with van der Waals surface area (Å²) in [6, 6.07) is -0.289. The smallest absolute Gasteiger partial charge is 0.329 e. The van der Waals surface area contributed by atoms with Gasteiger partial charge in [-0.05, 0) is 19.3 Å². The van der Waals surface area contributed by atoms with E-state index >= 15 is 0 Å². The number of aromatic amines is 1. The second kappa shape index (κ2) is 5.48. The number of nitrogens with one attached hydrogen (secondary N) is 1. The minimum Gasteiger partial charge on any atom is -0.479 e. The van der Waals surface area contributed by atoms with E-state index in [0.717, 1.165) is 0 Å². The van der Waals surface area contributed by atoms with E-state index < -0.39 is 11.5 Å². The molecule has 0 bridgehead atoms. The highest BCUT2D eigenvalue weighted by Gasteiger charge is 2.49. The van der Waals surface area contributed by atoms with Crippen LogP contribution >= 0.6 is 0 Å². The lowest BCUT2D eigenvalue weighted by atomic mass is 9.93. The van der Waals surface area contributed by atoms with E-state index in [0.29, 0.717) is 31.6 Å².